The van der Waals surface area contributed by atoms with Gasteiger partial charge in [0.25, 0.3) is 0 Å². The van der Waals surface area contributed by atoms with E-state index in [0.29, 0.717) is 12.6 Å². The second kappa shape index (κ2) is 6.17. The average Bonchev–Trinajstić information content (AvgIpc) is 2.26. The molecule has 114 valence electrons. The standard InChI is InChI=1S/C18H31NO/c1-13-9-10-14(17(2,3)4)15(11-13)20-12-16(19-8)18(5,6)7/h9-11,16,19H,12H2,1-8H3. The molecule has 1 atom stereocenters. The molecule has 0 heterocycles. The number of rotatable bonds is 4. The molecule has 0 amide bonds. The number of benzene rings is 1. The number of aryl methyl sites for hydroxylation is 1. The van der Waals surface area contributed by atoms with Crippen molar-refractivity contribution in [1.82, 2.24) is 5.32 Å². The van der Waals surface area contributed by atoms with Gasteiger partial charge in [-0.25, -0.2) is 0 Å². The Morgan fingerprint density at radius 2 is 1.70 bits per heavy atom. The van der Waals surface area contributed by atoms with Gasteiger partial charge in [0.15, 0.2) is 0 Å². The van der Waals surface area contributed by atoms with Crippen molar-refractivity contribution in [2.24, 2.45) is 5.41 Å². The zero-order chi connectivity index (χ0) is 15.6. The maximum atomic E-state index is 6.16. The first-order valence-electron chi connectivity index (χ1n) is 7.47. The Balaban J connectivity index is 2.95. The Morgan fingerprint density at radius 1 is 1.10 bits per heavy atom. The molecule has 0 radical (unpaired) electrons. The van der Waals surface area contributed by atoms with Crippen molar-refractivity contribution in [2.75, 3.05) is 13.7 Å². The summed E-state index contributed by atoms with van der Waals surface area (Å²) in [6.45, 7) is 16.2. The summed E-state index contributed by atoms with van der Waals surface area (Å²) in [5.74, 6) is 1.02. The molecular weight excluding hydrogens is 246 g/mol. The summed E-state index contributed by atoms with van der Waals surface area (Å²) in [6.07, 6.45) is 0. The van der Waals surface area contributed by atoms with Crippen molar-refractivity contribution < 1.29 is 4.74 Å². The molecule has 0 aromatic heterocycles. The van der Waals surface area contributed by atoms with Gasteiger partial charge in [-0.05, 0) is 42.0 Å². The smallest absolute Gasteiger partial charge is 0.123 e. The van der Waals surface area contributed by atoms with E-state index in [1.165, 1.54) is 11.1 Å². The molecule has 1 N–H and O–H groups in total. The molecule has 0 aliphatic rings. The van der Waals surface area contributed by atoms with Crippen molar-refractivity contribution in [3.05, 3.63) is 29.3 Å². The largest absolute Gasteiger partial charge is 0.492 e. The fourth-order valence-electron chi connectivity index (χ4n) is 2.31. The van der Waals surface area contributed by atoms with Crippen LogP contribution in [0.1, 0.15) is 52.7 Å². The van der Waals surface area contributed by atoms with Gasteiger partial charge < -0.3 is 10.1 Å². The highest BCUT2D eigenvalue weighted by Gasteiger charge is 2.25. The van der Waals surface area contributed by atoms with E-state index in [1.54, 1.807) is 0 Å². The minimum absolute atomic E-state index is 0.0971. The third-order valence-corrected chi connectivity index (χ3v) is 3.74. The van der Waals surface area contributed by atoms with Gasteiger partial charge in [0.05, 0.1) is 0 Å². The summed E-state index contributed by atoms with van der Waals surface area (Å²) in [7, 11) is 2.00. The van der Waals surface area contributed by atoms with Gasteiger partial charge in [0.2, 0.25) is 0 Å². The van der Waals surface area contributed by atoms with Gasteiger partial charge in [-0.2, -0.15) is 0 Å². The lowest BCUT2D eigenvalue weighted by atomic mass is 9.85. The minimum Gasteiger partial charge on any atom is -0.492 e. The maximum absolute atomic E-state index is 6.16. The van der Waals surface area contributed by atoms with Crippen LogP contribution in [0.3, 0.4) is 0 Å². The lowest BCUT2D eigenvalue weighted by molar-refractivity contribution is 0.179. The van der Waals surface area contributed by atoms with Crippen LogP contribution in [-0.2, 0) is 5.41 Å². The van der Waals surface area contributed by atoms with Crippen molar-refractivity contribution >= 4 is 0 Å². The number of nitrogens with one attached hydrogen (secondary N) is 1. The van der Waals surface area contributed by atoms with Gasteiger partial charge in [0, 0.05) is 6.04 Å². The van der Waals surface area contributed by atoms with Crippen LogP contribution in [0, 0.1) is 12.3 Å². The topological polar surface area (TPSA) is 21.3 Å². The first-order valence-corrected chi connectivity index (χ1v) is 7.47. The van der Waals surface area contributed by atoms with E-state index < -0.39 is 0 Å². The Bertz CT molecular complexity index is 438. The summed E-state index contributed by atoms with van der Waals surface area (Å²) < 4.78 is 6.16. The van der Waals surface area contributed by atoms with Gasteiger partial charge >= 0.3 is 0 Å². The van der Waals surface area contributed by atoms with Crippen molar-refractivity contribution in [3.8, 4) is 5.75 Å². The van der Waals surface area contributed by atoms with Crippen molar-refractivity contribution in [2.45, 2.75) is 59.9 Å². The highest BCUT2D eigenvalue weighted by Crippen LogP contribution is 2.32. The van der Waals surface area contributed by atoms with E-state index in [-0.39, 0.29) is 10.8 Å². The van der Waals surface area contributed by atoms with Crippen LogP contribution < -0.4 is 10.1 Å². The number of hydrogen-bond acceptors (Lipinski definition) is 2. The Labute approximate surface area is 124 Å². The van der Waals surface area contributed by atoms with Crippen LogP contribution in [-0.4, -0.2) is 19.7 Å². The molecular formula is C18H31NO. The molecule has 2 nitrogen and oxygen atoms in total. The number of likely N-dealkylation sites (N-methyl/N-ethyl adjacent to an activating group) is 1. The molecule has 1 aromatic carbocycles. The molecule has 0 saturated carbocycles. The molecule has 0 saturated heterocycles. The SMILES string of the molecule is CNC(COc1cc(C)ccc1C(C)(C)C)C(C)(C)C. The lowest BCUT2D eigenvalue weighted by Gasteiger charge is -2.31. The predicted octanol–water partition coefficient (Wildman–Crippen LogP) is 4.31. The van der Waals surface area contributed by atoms with E-state index in [1.807, 2.05) is 7.05 Å². The van der Waals surface area contributed by atoms with E-state index in [4.69, 9.17) is 4.74 Å². The lowest BCUT2D eigenvalue weighted by Crippen LogP contribution is -2.42. The predicted molar refractivity (Wildman–Crippen MR) is 87.7 cm³/mol. The number of ether oxygens (including phenoxy) is 1. The zero-order valence-corrected chi connectivity index (χ0v) is 14.4. The summed E-state index contributed by atoms with van der Waals surface area (Å²) in [5, 5.41) is 3.36. The Hall–Kier alpha value is -1.02. The maximum Gasteiger partial charge on any atom is 0.123 e. The van der Waals surface area contributed by atoms with Gasteiger partial charge in [0.1, 0.15) is 12.4 Å². The second-order valence-corrected chi connectivity index (χ2v) is 7.77. The van der Waals surface area contributed by atoms with Crippen LogP contribution in [0.2, 0.25) is 0 Å². The molecule has 0 bridgehead atoms. The molecule has 0 aliphatic carbocycles. The van der Waals surface area contributed by atoms with E-state index in [0.717, 1.165) is 5.75 Å². The van der Waals surface area contributed by atoms with Crippen LogP contribution >= 0.6 is 0 Å². The summed E-state index contributed by atoms with van der Waals surface area (Å²) >= 11 is 0. The first kappa shape index (κ1) is 17.0. The fraction of sp³-hybridized carbons (Fsp3) is 0.667. The van der Waals surface area contributed by atoms with Gasteiger partial charge in [-0.15, -0.1) is 0 Å². The summed E-state index contributed by atoms with van der Waals surface area (Å²) in [4.78, 5) is 0. The van der Waals surface area contributed by atoms with Crippen molar-refractivity contribution in [3.63, 3.8) is 0 Å². The van der Waals surface area contributed by atoms with Gasteiger partial charge in [-0.3, -0.25) is 0 Å². The summed E-state index contributed by atoms with van der Waals surface area (Å²) in [6, 6.07) is 6.83. The van der Waals surface area contributed by atoms with Crippen molar-refractivity contribution in [1.29, 1.82) is 0 Å². The van der Waals surface area contributed by atoms with E-state index in [2.05, 4.69) is 72.0 Å². The normalized spacial score (nSPS) is 14.2. The monoisotopic (exact) mass is 277 g/mol. The highest BCUT2D eigenvalue weighted by atomic mass is 16.5. The fourth-order valence-corrected chi connectivity index (χ4v) is 2.31. The summed E-state index contributed by atoms with van der Waals surface area (Å²) in [5.41, 5.74) is 2.79. The molecule has 0 fully saturated rings. The average molecular weight is 277 g/mol. The third kappa shape index (κ3) is 4.52. The quantitative estimate of drug-likeness (QED) is 0.885. The van der Waals surface area contributed by atoms with Crippen LogP contribution in [0.4, 0.5) is 0 Å². The molecule has 1 rings (SSSR count). The zero-order valence-electron chi connectivity index (χ0n) is 14.4. The molecule has 0 aliphatic heterocycles. The van der Waals surface area contributed by atoms with Crippen LogP contribution in [0.25, 0.3) is 0 Å². The highest BCUT2D eigenvalue weighted by molar-refractivity contribution is 5.41. The van der Waals surface area contributed by atoms with Crippen LogP contribution in [0.5, 0.6) is 5.75 Å². The minimum atomic E-state index is 0.0971. The third-order valence-electron chi connectivity index (χ3n) is 3.74. The Kier molecular flexibility index (Phi) is 5.26. The molecule has 2 heteroatoms. The second-order valence-electron chi connectivity index (χ2n) is 7.77. The Morgan fingerprint density at radius 3 is 2.15 bits per heavy atom. The molecule has 20 heavy (non-hydrogen) atoms. The van der Waals surface area contributed by atoms with Gasteiger partial charge in [-0.1, -0.05) is 53.7 Å². The van der Waals surface area contributed by atoms with E-state index >= 15 is 0 Å². The molecule has 1 aromatic rings. The van der Waals surface area contributed by atoms with E-state index in [9.17, 15) is 0 Å². The molecule has 1 unspecified atom stereocenters. The molecule has 0 spiro atoms. The first-order chi connectivity index (χ1) is 9.05. The number of hydrogen-bond donors (Lipinski definition) is 1. The van der Waals surface area contributed by atoms with Crippen LogP contribution in [0.15, 0.2) is 18.2 Å².